The minimum Gasteiger partial charge on any atom is -0.480 e. The fourth-order valence-corrected chi connectivity index (χ4v) is 5.62. The lowest BCUT2D eigenvalue weighted by molar-refractivity contribution is -0.140. The Labute approximate surface area is 183 Å². The number of carboxylic acid groups (broad SMARTS) is 1. The van der Waals surface area contributed by atoms with E-state index in [0.717, 1.165) is 31.9 Å². The summed E-state index contributed by atoms with van der Waals surface area (Å²) < 4.78 is 33.7. The van der Waals surface area contributed by atoms with Crippen LogP contribution in [0.3, 0.4) is 0 Å². The Kier molecular flexibility index (Phi) is 5.36. The van der Waals surface area contributed by atoms with Gasteiger partial charge in [0.2, 0.25) is 10.0 Å². The van der Waals surface area contributed by atoms with Gasteiger partial charge in [0.1, 0.15) is 22.2 Å². The Hall–Kier alpha value is -2.75. The number of benzene rings is 2. The number of aromatic nitrogens is 1. The van der Waals surface area contributed by atoms with Gasteiger partial charge in [0.25, 0.3) is 0 Å². The number of carboxylic acids is 1. The second-order valence-electron chi connectivity index (χ2n) is 7.81. The number of carbonyl (C=O) groups is 1. The van der Waals surface area contributed by atoms with Gasteiger partial charge < -0.3 is 9.52 Å². The molecule has 2 aromatic heterocycles. The first-order valence-electron chi connectivity index (χ1n) is 9.72. The van der Waals surface area contributed by atoms with Crippen molar-refractivity contribution >= 4 is 49.3 Å². The fourth-order valence-electron chi connectivity index (χ4n) is 3.36. The van der Waals surface area contributed by atoms with Crippen LogP contribution in [0.15, 0.2) is 45.7 Å². The lowest BCUT2D eigenvalue weighted by atomic mass is 10.1. The van der Waals surface area contributed by atoms with Gasteiger partial charge in [-0.3, -0.25) is 4.79 Å². The van der Waals surface area contributed by atoms with E-state index in [-0.39, 0.29) is 4.90 Å². The zero-order valence-corrected chi connectivity index (χ0v) is 19.1. The first-order chi connectivity index (χ1) is 14.6. The van der Waals surface area contributed by atoms with E-state index in [1.54, 1.807) is 31.3 Å². The van der Waals surface area contributed by atoms with Gasteiger partial charge in [0.15, 0.2) is 0 Å². The third kappa shape index (κ3) is 3.96. The summed E-state index contributed by atoms with van der Waals surface area (Å²) in [5, 5.41) is 11.9. The molecule has 4 aromatic rings. The Bertz CT molecular complexity index is 1400. The molecule has 9 heteroatoms. The van der Waals surface area contributed by atoms with E-state index in [4.69, 9.17) is 4.42 Å². The molecule has 162 valence electrons. The van der Waals surface area contributed by atoms with Crippen molar-refractivity contribution in [2.24, 2.45) is 5.92 Å². The molecule has 0 radical (unpaired) electrons. The maximum atomic E-state index is 12.8. The summed E-state index contributed by atoms with van der Waals surface area (Å²) in [4.78, 5) is 17.1. The third-order valence-electron chi connectivity index (χ3n) is 5.24. The van der Waals surface area contributed by atoms with Crippen molar-refractivity contribution in [1.29, 1.82) is 0 Å². The first kappa shape index (κ1) is 21.5. The van der Waals surface area contributed by atoms with Gasteiger partial charge in [-0.1, -0.05) is 13.8 Å². The molecule has 4 rings (SSSR count). The lowest BCUT2D eigenvalue weighted by Gasteiger charge is -2.17. The maximum Gasteiger partial charge on any atom is 0.322 e. The predicted octanol–water partition coefficient (Wildman–Crippen LogP) is 4.71. The minimum absolute atomic E-state index is 0.0441. The zero-order chi connectivity index (χ0) is 22.5. The smallest absolute Gasteiger partial charge is 0.322 e. The minimum atomic E-state index is -4.03. The molecule has 0 fully saturated rings. The van der Waals surface area contributed by atoms with Crippen LogP contribution in [0.1, 0.15) is 24.4 Å². The van der Waals surface area contributed by atoms with Crippen LogP contribution in [0.4, 0.5) is 0 Å². The van der Waals surface area contributed by atoms with Gasteiger partial charge in [-0.15, -0.1) is 11.3 Å². The summed E-state index contributed by atoms with van der Waals surface area (Å²) in [6.07, 6.45) is 0. The quantitative estimate of drug-likeness (QED) is 0.433. The zero-order valence-electron chi connectivity index (χ0n) is 17.5. The Balaban J connectivity index is 1.76. The van der Waals surface area contributed by atoms with Crippen LogP contribution in [0.2, 0.25) is 0 Å². The van der Waals surface area contributed by atoms with Gasteiger partial charge in [-0.05, 0) is 50.1 Å². The maximum absolute atomic E-state index is 12.8. The van der Waals surface area contributed by atoms with Crippen LogP contribution in [0.25, 0.3) is 32.5 Å². The molecule has 0 bridgehead atoms. The number of furan rings is 1. The van der Waals surface area contributed by atoms with E-state index >= 15 is 0 Å². The molecule has 2 heterocycles. The highest BCUT2D eigenvalue weighted by molar-refractivity contribution is 7.89. The number of aryl methyl sites for hydroxylation is 2. The van der Waals surface area contributed by atoms with Crippen LogP contribution in [-0.2, 0) is 14.8 Å². The topological polar surface area (TPSA) is 110 Å². The summed E-state index contributed by atoms with van der Waals surface area (Å²) in [5.74, 6) is -1.62. The summed E-state index contributed by atoms with van der Waals surface area (Å²) in [6.45, 7) is 7.30. The number of fused-ring (bicyclic) bond motifs is 3. The molecule has 0 aliphatic carbocycles. The number of rotatable bonds is 6. The normalized spacial score (nSPS) is 13.3. The van der Waals surface area contributed by atoms with Crippen molar-refractivity contribution in [1.82, 2.24) is 9.71 Å². The molecule has 31 heavy (non-hydrogen) atoms. The Morgan fingerprint density at radius 3 is 2.45 bits per heavy atom. The van der Waals surface area contributed by atoms with E-state index < -0.39 is 28.0 Å². The molecule has 0 amide bonds. The van der Waals surface area contributed by atoms with Crippen molar-refractivity contribution in [2.45, 2.75) is 38.6 Å². The average molecular weight is 459 g/mol. The van der Waals surface area contributed by atoms with Gasteiger partial charge in [0.05, 0.1) is 10.6 Å². The van der Waals surface area contributed by atoms with Crippen molar-refractivity contribution in [3.05, 3.63) is 47.0 Å². The average Bonchev–Trinajstić information content (AvgIpc) is 3.24. The second-order valence-corrected chi connectivity index (χ2v) is 10.7. The SMILES string of the molecule is Cc1nc(-c2ccc3oc4cc(S(=O)(=O)N[C@H](C(=O)O)C(C)C)ccc4c3c2)sc1C. The molecule has 2 N–H and O–H groups in total. The molecule has 7 nitrogen and oxygen atoms in total. The summed E-state index contributed by atoms with van der Waals surface area (Å²) in [7, 11) is -4.03. The van der Waals surface area contributed by atoms with Crippen LogP contribution >= 0.6 is 11.3 Å². The van der Waals surface area contributed by atoms with Crippen LogP contribution in [0.5, 0.6) is 0 Å². The summed E-state index contributed by atoms with van der Waals surface area (Å²) in [5.41, 5.74) is 3.02. The number of aliphatic carboxylic acids is 1. The number of nitrogens with one attached hydrogen (secondary N) is 1. The van der Waals surface area contributed by atoms with Crippen molar-refractivity contribution in [2.75, 3.05) is 0 Å². The van der Waals surface area contributed by atoms with Crippen molar-refractivity contribution < 1.29 is 22.7 Å². The molecule has 0 spiro atoms. The molecule has 0 aliphatic heterocycles. The highest BCUT2D eigenvalue weighted by Gasteiger charge is 2.28. The van der Waals surface area contributed by atoms with Crippen LogP contribution in [0, 0.1) is 19.8 Å². The second kappa shape index (κ2) is 7.74. The van der Waals surface area contributed by atoms with Crippen molar-refractivity contribution in [3.8, 4) is 10.6 Å². The fraction of sp³-hybridized carbons (Fsp3) is 0.273. The van der Waals surface area contributed by atoms with Crippen LogP contribution < -0.4 is 4.72 Å². The number of hydrogen-bond donors (Lipinski definition) is 2. The van der Waals surface area contributed by atoms with E-state index in [9.17, 15) is 18.3 Å². The first-order valence-corrected chi connectivity index (χ1v) is 12.0. The van der Waals surface area contributed by atoms with Gasteiger partial charge in [-0.25, -0.2) is 13.4 Å². The number of nitrogens with zero attached hydrogens (tertiary/aromatic N) is 1. The molecular formula is C22H22N2O5S2. The van der Waals surface area contributed by atoms with Gasteiger partial charge >= 0.3 is 5.97 Å². The highest BCUT2D eigenvalue weighted by Crippen LogP contribution is 2.35. The lowest BCUT2D eigenvalue weighted by Crippen LogP contribution is -2.44. The molecule has 0 saturated heterocycles. The molecule has 1 atom stereocenters. The number of thiazole rings is 1. The molecule has 0 saturated carbocycles. The highest BCUT2D eigenvalue weighted by atomic mass is 32.2. The predicted molar refractivity (Wildman–Crippen MR) is 121 cm³/mol. The van der Waals surface area contributed by atoms with Gasteiger partial charge in [0, 0.05) is 27.3 Å². The largest absolute Gasteiger partial charge is 0.480 e. The standard InChI is InChI=1S/C22H22N2O5S2/c1-11(2)20(22(25)26)24-31(27,28)15-6-7-16-17-9-14(21-23-12(3)13(4)30-21)5-8-18(17)29-19(16)10-15/h5-11,20,24H,1-4H3,(H,25,26)/t20-/m0/s1. The summed E-state index contributed by atoms with van der Waals surface area (Å²) >= 11 is 1.62. The van der Waals surface area contributed by atoms with E-state index in [1.165, 1.54) is 12.1 Å². The van der Waals surface area contributed by atoms with Crippen LogP contribution in [-0.4, -0.2) is 30.5 Å². The molecule has 0 unspecified atom stereocenters. The Morgan fingerprint density at radius 1 is 1.10 bits per heavy atom. The van der Waals surface area contributed by atoms with E-state index in [0.29, 0.717) is 11.2 Å². The molecule has 2 aromatic carbocycles. The van der Waals surface area contributed by atoms with Crippen molar-refractivity contribution in [3.63, 3.8) is 0 Å². The number of sulfonamides is 1. The molecule has 0 aliphatic rings. The monoisotopic (exact) mass is 458 g/mol. The van der Waals surface area contributed by atoms with E-state index in [2.05, 4.69) is 9.71 Å². The van der Waals surface area contributed by atoms with Gasteiger partial charge in [-0.2, -0.15) is 4.72 Å². The van der Waals surface area contributed by atoms with E-state index in [1.807, 2.05) is 32.0 Å². The Morgan fingerprint density at radius 2 is 1.84 bits per heavy atom. The molecular weight excluding hydrogens is 436 g/mol. The summed E-state index contributed by atoms with van der Waals surface area (Å²) in [6, 6.07) is 9.12. The number of hydrogen-bond acceptors (Lipinski definition) is 6. The third-order valence-corrected chi connectivity index (χ3v) is 7.80.